The van der Waals surface area contributed by atoms with Crippen LogP contribution in [0, 0.1) is 11.7 Å². The average molecular weight is 289 g/mol. The van der Waals surface area contributed by atoms with E-state index >= 15 is 0 Å². The van der Waals surface area contributed by atoms with E-state index in [1.807, 2.05) is 0 Å². The first-order valence-corrected chi connectivity index (χ1v) is 6.35. The summed E-state index contributed by atoms with van der Waals surface area (Å²) in [7, 11) is 0. The van der Waals surface area contributed by atoms with Crippen molar-refractivity contribution in [3.63, 3.8) is 0 Å². The molecule has 0 aromatic heterocycles. The fourth-order valence-corrected chi connectivity index (χ4v) is 1.70. The van der Waals surface area contributed by atoms with Gasteiger partial charge in [0.1, 0.15) is 11.4 Å². The first kappa shape index (κ1) is 15.9. The van der Waals surface area contributed by atoms with Crippen molar-refractivity contribution < 1.29 is 19.0 Å². The summed E-state index contributed by atoms with van der Waals surface area (Å²) < 4.78 is 18.2. The summed E-state index contributed by atoms with van der Waals surface area (Å²) in [5.41, 5.74) is -0.240. The maximum Gasteiger partial charge on any atom is 0.312 e. The number of hydrogen-bond acceptors (Lipinski definition) is 3. The normalized spacial score (nSPS) is 14.9. The summed E-state index contributed by atoms with van der Waals surface area (Å²) in [6.07, 6.45) is -1.09. The van der Waals surface area contributed by atoms with Crippen LogP contribution in [0.1, 0.15) is 39.4 Å². The van der Waals surface area contributed by atoms with E-state index in [0.717, 1.165) is 6.07 Å². The Balaban J connectivity index is 2.84. The quantitative estimate of drug-likeness (QED) is 0.866. The van der Waals surface area contributed by atoms with Crippen LogP contribution in [0.15, 0.2) is 18.2 Å². The molecule has 1 N–H and O–H groups in total. The van der Waals surface area contributed by atoms with Crippen LogP contribution < -0.4 is 0 Å². The van der Waals surface area contributed by atoms with Crippen LogP contribution in [0.5, 0.6) is 0 Å². The predicted molar refractivity (Wildman–Crippen MR) is 71.4 cm³/mol. The van der Waals surface area contributed by atoms with Crippen LogP contribution in [-0.4, -0.2) is 16.7 Å². The van der Waals surface area contributed by atoms with Gasteiger partial charge in [0.2, 0.25) is 0 Å². The Hall–Kier alpha value is -1.13. The van der Waals surface area contributed by atoms with Gasteiger partial charge in [0.15, 0.2) is 0 Å². The fourth-order valence-electron chi connectivity index (χ4n) is 1.51. The molecular weight excluding hydrogens is 271 g/mol. The zero-order valence-corrected chi connectivity index (χ0v) is 12.2. The maximum atomic E-state index is 13.0. The molecule has 1 aromatic carbocycles. The second kappa shape index (κ2) is 5.88. The summed E-state index contributed by atoms with van der Waals surface area (Å²) >= 11 is 5.65. The Morgan fingerprint density at radius 1 is 1.42 bits per heavy atom. The highest BCUT2D eigenvalue weighted by Gasteiger charge is 2.28. The third-order valence-corrected chi connectivity index (χ3v) is 2.83. The molecule has 0 aliphatic carbocycles. The smallest absolute Gasteiger partial charge is 0.312 e. The molecule has 0 aliphatic rings. The average Bonchev–Trinajstić information content (AvgIpc) is 2.28. The third-order valence-electron chi connectivity index (χ3n) is 2.54. The molecule has 3 nitrogen and oxygen atoms in total. The fraction of sp³-hybridized carbons (Fsp3) is 0.500. The zero-order chi connectivity index (χ0) is 14.8. The van der Waals surface area contributed by atoms with Gasteiger partial charge in [-0.25, -0.2) is 4.39 Å². The lowest BCUT2D eigenvalue weighted by Gasteiger charge is -2.24. The molecule has 0 aliphatic heterocycles. The van der Waals surface area contributed by atoms with Gasteiger partial charge in [-0.2, -0.15) is 0 Å². The number of aliphatic hydroxyl groups is 1. The lowest BCUT2D eigenvalue weighted by molar-refractivity contribution is -0.163. The first-order valence-electron chi connectivity index (χ1n) is 5.97. The van der Waals surface area contributed by atoms with Crippen molar-refractivity contribution in [2.24, 2.45) is 5.92 Å². The van der Waals surface area contributed by atoms with Crippen molar-refractivity contribution in [2.45, 2.75) is 39.4 Å². The van der Waals surface area contributed by atoms with E-state index in [1.165, 1.54) is 12.1 Å². The predicted octanol–water partition coefficient (Wildman–Crippen LogP) is 3.49. The van der Waals surface area contributed by atoms with E-state index in [2.05, 4.69) is 0 Å². The topological polar surface area (TPSA) is 46.5 Å². The van der Waals surface area contributed by atoms with Crippen molar-refractivity contribution >= 4 is 17.6 Å². The molecule has 2 atom stereocenters. The molecule has 0 spiro atoms. The van der Waals surface area contributed by atoms with Crippen LogP contribution in [0.3, 0.4) is 0 Å². The molecule has 0 heterocycles. The Kier molecular flexibility index (Phi) is 4.93. The van der Waals surface area contributed by atoms with Gasteiger partial charge >= 0.3 is 5.97 Å². The summed E-state index contributed by atoms with van der Waals surface area (Å²) in [4.78, 5) is 11.8. The molecule has 19 heavy (non-hydrogen) atoms. The Morgan fingerprint density at radius 2 is 2.00 bits per heavy atom. The summed E-state index contributed by atoms with van der Waals surface area (Å²) in [5, 5.41) is 10.00. The largest absolute Gasteiger partial charge is 0.460 e. The standard InChI is InChI=1S/C14H18ClFO3/c1-8(13(18)19-14(2,3)4)12(17)9-5-6-11(16)10(15)7-9/h5-8,12,17H,1-4H3. The van der Waals surface area contributed by atoms with Crippen LogP contribution in [-0.2, 0) is 9.53 Å². The summed E-state index contributed by atoms with van der Waals surface area (Å²) in [6, 6.07) is 3.86. The number of carbonyl (C=O) groups is 1. The molecule has 106 valence electrons. The van der Waals surface area contributed by atoms with Crippen LogP contribution >= 0.6 is 11.6 Å². The minimum Gasteiger partial charge on any atom is -0.460 e. The number of benzene rings is 1. The lowest BCUT2D eigenvalue weighted by atomic mass is 9.97. The van der Waals surface area contributed by atoms with Gasteiger partial charge < -0.3 is 9.84 Å². The second-order valence-corrected chi connectivity index (χ2v) is 5.85. The molecular formula is C14H18ClFO3. The Morgan fingerprint density at radius 3 is 2.47 bits per heavy atom. The van der Waals surface area contributed by atoms with E-state index in [-0.39, 0.29) is 5.02 Å². The minimum absolute atomic E-state index is 0.0899. The van der Waals surface area contributed by atoms with Crippen molar-refractivity contribution in [1.29, 1.82) is 0 Å². The third kappa shape index (κ3) is 4.48. The molecule has 0 fully saturated rings. The maximum absolute atomic E-state index is 13.0. The monoisotopic (exact) mass is 288 g/mol. The molecule has 0 bridgehead atoms. The minimum atomic E-state index is -1.09. The molecule has 0 saturated carbocycles. The second-order valence-electron chi connectivity index (χ2n) is 5.44. The molecule has 2 unspecified atom stereocenters. The Bertz CT molecular complexity index is 468. The highest BCUT2D eigenvalue weighted by molar-refractivity contribution is 6.30. The number of aliphatic hydroxyl groups excluding tert-OH is 1. The number of halogens is 2. The van der Waals surface area contributed by atoms with Crippen molar-refractivity contribution in [2.75, 3.05) is 0 Å². The van der Waals surface area contributed by atoms with E-state index in [1.54, 1.807) is 27.7 Å². The van der Waals surface area contributed by atoms with Gasteiger partial charge in [0, 0.05) is 0 Å². The van der Waals surface area contributed by atoms with E-state index in [0.29, 0.717) is 5.56 Å². The lowest BCUT2D eigenvalue weighted by Crippen LogP contribution is -2.30. The van der Waals surface area contributed by atoms with Gasteiger partial charge in [0.05, 0.1) is 17.0 Å². The molecule has 0 amide bonds. The van der Waals surface area contributed by atoms with E-state index in [9.17, 15) is 14.3 Å². The Labute approximate surface area is 117 Å². The number of ether oxygens (including phenoxy) is 1. The molecule has 0 saturated heterocycles. The molecule has 5 heteroatoms. The number of carbonyl (C=O) groups excluding carboxylic acids is 1. The van der Waals surface area contributed by atoms with E-state index in [4.69, 9.17) is 16.3 Å². The van der Waals surface area contributed by atoms with Gasteiger partial charge in [-0.1, -0.05) is 17.7 Å². The first-order chi connectivity index (χ1) is 8.61. The summed E-state index contributed by atoms with van der Waals surface area (Å²) in [6.45, 7) is 6.80. The number of esters is 1. The SMILES string of the molecule is CC(C(=O)OC(C)(C)C)C(O)c1ccc(F)c(Cl)c1. The number of hydrogen-bond donors (Lipinski definition) is 1. The van der Waals surface area contributed by atoms with Gasteiger partial charge in [-0.15, -0.1) is 0 Å². The van der Waals surface area contributed by atoms with Crippen LogP contribution in [0.25, 0.3) is 0 Å². The number of rotatable bonds is 3. The summed E-state index contributed by atoms with van der Waals surface area (Å²) in [5.74, 6) is -1.84. The molecule has 1 aromatic rings. The van der Waals surface area contributed by atoms with Crippen LogP contribution in [0.2, 0.25) is 5.02 Å². The van der Waals surface area contributed by atoms with Crippen molar-refractivity contribution in [3.05, 3.63) is 34.6 Å². The zero-order valence-electron chi connectivity index (χ0n) is 11.4. The van der Waals surface area contributed by atoms with Crippen LogP contribution in [0.4, 0.5) is 4.39 Å². The molecule has 0 radical (unpaired) electrons. The highest BCUT2D eigenvalue weighted by Crippen LogP contribution is 2.27. The van der Waals surface area contributed by atoms with Gasteiger partial charge in [0.25, 0.3) is 0 Å². The highest BCUT2D eigenvalue weighted by atomic mass is 35.5. The van der Waals surface area contributed by atoms with E-state index < -0.39 is 29.4 Å². The van der Waals surface area contributed by atoms with Crippen molar-refractivity contribution in [3.8, 4) is 0 Å². The molecule has 1 rings (SSSR count). The van der Waals surface area contributed by atoms with Gasteiger partial charge in [-0.3, -0.25) is 4.79 Å². The van der Waals surface area contributed by atoms with Crippen molar-refractivity contribution in [1.82, 2.24) is 0 Å². The van der Waals surface area contributed by atoms with Gasteiger partial charge in [-0.05, 0) is 45.4 Å².